The molecule has 0 atom stereocenters. The van der Waals surface area contributed by atoms with Gasteiger partial charge in [-0.05, 0) is 19.1 Å². The number of para-hydroxylation sites is 1. The molecule has 1 aromatic carbocycles. The van der Waals surface area contributed by atoms with E-state index >= 15 is 0 Å². The molecule has 0 saturated carbocycles. The van der Waals surface area contributed by atoms with Gasteiger partial charge in [0.2, 0.25) is 11.3 Å². The number of esters is 1. The van der Waals surface area contributed by atoms with Gasteiger partial charge in [-0.15, -0.1) is 0 Å². The van der Waals surface area contributed by atoms with Crippen LogP contribution in [0.1, 0.15) is 17.3 Å². The number of nitrogens with zero attached hydrogens (tertiary/aromatic N) is 2. The Morgan fingerprint density at radius 2 is 2.10 bits per heavy atom. The SMILES string of the molecule is CCOC(=O)c1cn2c3c(cccc3c1=O)N(C)C(=O)C2. The molecule has 1 amide bonds. The Kier molecular flexibility index (Phi) is 3.01. The minimum absolute atomic E-state index is 0.0427. The van der Waals surface area contributed by atoms with Crippen molar-refractivity contribution in [2.75, 3.05) is 18.6 Å². The summed E-state index contributed by atoms with van der Waals surface area (Å²) in [7, 11) is 1.67. The van der Waals surface area contributed by atoms with Gasteiger partial charge < -0.3 is 14.2 Å². The summed E-state index contributed by atoms with van der Waals surface area (Å²) in [5.41, 5.74) is 0.914. The standard InChI is InChI=1S/C15H14N2O4/c1-3-21-15(20)10-7-17-8-12(18)16(2)11-6-4-5-9(13(11)17)14(10)19/h4-7H,3,8H2,1-2H3. The molecule has 0 fully saturated rings. The summed E-state index contributed by atoms with van der Waals surface area (Å²) in [5.74, 6) is -0.765. The van der Waals surface area contributed by atoms with E-state index < -0.39 is 5.97 Å². The smallest absolute Gasteiger partial charge is 0.343 e. The Morgan fingerprint density at radius 1 is 1.33 bits per heavy atom. The third-order valence-electron chi connectivity index (χ3n) is 3.61. The molecule has 0 radical (unpaired) electrons. The highest BCUT2D eigenvalue weighted by molar-refractivity contribution is 6.06. The first kappa shape index (κ1) is 13.4. The molecule has 0 unspecified atom stereocenters. The van der Waals surface area contributed by atoms with Crippen molar-refractivity contribution in [1.82, 2.24) is 4.57 Å². The van der Waals surface area contributed by atoms with Crippen LogP contribution in [0.25, 0.3) is 10.9 Å². The molecule has 3 rings (SSSR count). The lowest BCUT2D eigenvalue weighted by Gasteiger charge is -2.27. The Balaban J connectivity index is 2.35. The topological polar surface area (TPSA) is 68.6 Å². The van der Waals surface area contributed by atoms with E-state index in [-0.39, 0.29) is 30.1 Å². The van der Waals surface area contributed by atoms with E-state index in [1.54, 1.807) is 36.7 Å². The lowest BCUT2D eigenvalue weighted by Crippen LogP contribution is -2.36. The van der Waals surface area contributed by atoms with Crippen molar-refractivity contribution in [1.29, 1.82) is 0 Å². The van der Waals surface area contributed by atoms with E-state index in [0.717, 1.165) is 0 Å². The van der Waals surface area contributed by atoms with Crippen LogP contribution in [-0.4, -0.2) is 30.1 Å². The molecule has 1 aromatic heterocycles. The van der Waals surface area contributed by atoms with Gasteiger partial charge in [-0.25, -0.2) is 4.79 Å². The van der Waals surface area contributed by atoms with Crippen LogP contribution in [0.3, 0.4) is 0 Å². The summed E-state index contributed by atoms with van der Waals surface area (Å²) in [6, 6.07) is 5.14. The number of amides is 1. The molecular weight excluding hydrogens is 272 g/mol. The van der Waals surface area contributed by atoms with Crippen LogP contribution in [0, 0.1) is 0 Å². The number of carbonyl (C=O) groups excluding carboxylic acids is 2. The molecule has 6 heteroatoms. The molecule has 0 saturated heterocycles. The highest BCUT2D eigenvalue weighted by Gasteiger charge is 2.25. The quantitative estimate of drug-likeness (QED) is 0.777. The largest absolute Gasteiger partial charge is 0.462 e. The molecule has 108 valence electrons. The highest BCUT2D eigenvalue weighted by Crippen LogP contribution is 2.28. The fraction of sp³-hybridized carbons (Fsp3) is 0.267. The Labute approximate surface area is 120 Å². The second kappa shape index (κ2) is 4.73. The number of pyridine rings is 1. The van der Waals surface area contributed by atoms with Crippen molar-refractivity contribution in [2.24, 2.45) is 0 Å². The second-order valence-electron chi connectivity index (χ2n) is 4.85. The average molecular weight is 286 g/mol. The molecule has 1 aliphatic heterocycles. The monoisotopic (exact) mass is 286 g/mol. The van der Waals surface area contributed by atoms with Crippen molar-refractivity contribution in [2.45, 2.75) is 13.5 Å². The molecule has 6 nitrogen and oxygen atoms in total. The van der Waals surface area contributed by atoms with Gasteiger partial charge in [0.15, 0.2) is 0 Å². The summed E-state index contributed by atoms with van der Waals surface area (Å²) >= 11 is 0. The predicted molar refractivity (Wildman–Crippen MR) is 77.6 cm³/mol. The van der Waals surface area contributed by atoms with E-state index in [1.807, 2.05) is 0 Å². The molecule has 2 aromatic rings. The normalized spacial score (nSPS) is 13.6. The number of carbonyl (C=O) groups is 2. The Hall–Kier alpha value is -2.63. The fourth-order valence-electron chi connectivity index (χ4n) is 2.58. The lowest BCUT2D eigenvalue weighted by atomic mass is 10.1. The summed E-state index contributed by atoms with van der Waals surface area (Å²) in [5, 5.41) is 0.414. The summed E-state index contributed by atoms with van der Waals surface area (Å²) in [4.78, 5) is 37.9. The molecule has 0 bridgehead atoms. The number of hydrogen-bond acceptors (Lipinski definition) is 4. The number of ether oxygens (including phenoxy) is 1. The Bertz CT molecular complexity index is 822. The van der Waals surface area contributed by atoms with Crippen LogP contribution in [-0.2, 0) is 16.1 Å². The third-order valence-corrected chi connectivity index (χ3v) is 3.61. The Morgan fingerprint density at radius 3 is 2.81 bits per heavy atom. The van der Waals surface area contributed by atoms with Crippen molar-refractivity contribution in [3.05, 3.63) is 40.2 Å². The first-order valence-corrected chi connectivity index (χ1v) is 6.64. The van der Waals surface area contributed by atoms with Gasteiger partial charge in [-0.2, -0.15) is 0 Å². The van der Waals surface area contributed by atoms with Crippen LogP contribution >= 0.6 is 0 Å². The summed E-state index contributed by atoms with van der Waals surface area (Å²) in [6.45, 7) is 1.96. The minimum Gasteiger partial charge on any atom is -0.462 e. The summed E-state index contributed by atoms with van der Waals surface area (Å²) in [6.07, 6.45) is 1.41. The maximum absolute atomic E-state index is 12.5. The maximum Gasteiger partial charge on any atom is 0.343 e. The van der Waals surface area contributed by atoms with Crippen LogP contribution < -0.4 is 10.3 Å². The predicted octanol–water partition coefficient (Wildman–Crippen LogP) is 1.15. The van der Waals surface area contributed by atoms with Gasteiger partial charge in [0, 0.05) is 18.6 Å². The van der Waals surface area contributed by atoms with Crippen molar-refractivity contribution < 1.29 is 14.3 Å². The van der Waals surface area contributed by atoms with Gasteiger partial charge in [-0.3, -0.25) is 9.59 Å². The number of anilines is 1. The first-order valence-electron chi connectivity index (χ1n) is 6.64. The van der Waals surface area contributed by atoms with Gasteiger partial charge in [0.25, 0.3) is 0 Å². The van der Waals surface area contributed by atoms with Crippen molar-refractivity contribution >= 4 is 28.5 Å². The maximum atomic E-state index is 12.5. The molecule has 0 spiro atoms. The fourth-order valence-corrected chi connectivity index (χ4v) is 2.58. The van der Waals surface area contributed by atoms with E-state index in [0.29, 0.717) is 16.6 Å². The minimum atomic E-state index is -0.662. The number of likely N-dealkylation sites (N-methyl/N-ethyl adjacent to an activating group) is 1. The van der Waals surface area contributed by atoms with E-state index in [2.05, 4.69) is 0 Å². The van der Waals surface area contributed by atoms with Crippen LogP contribution in [0.15, 0.2) is 29.2 Å². The zero-order valence-corrected chi connectivity index (χ0v) is 11.8. The van der Waals surface area contributed by atoms with Gasteiger partial charge >= 0.3 is 5.97 Å². The van der Waals surface area contributed by atoms with Gasteiger partial charge in [0.05, 0.1) is 17.8 Å². The van der Waals surface area contributed by atoms with Crippen molar-refractivity contribution in [3.8, 4) is 0 Å². The van der Waals surface area contributed by atoms with Gasteiger partial charge in [0.1, 0.15) is 12.1 Å². The van der Waals surface area contributed by atoms with Crippen molar-refractivity contribution in [3.63, 3.8) is 0 Å². The third kappa shape index (κ3) is 1.91. The van der Waals surface area contributed by atoms with Crippen LogP contribution in [0.2, 0.25) is 0 Å². The van der Waals surface area contributed by atoms with Gasteiger partial charge in [-0.1, -0.05) is 6.07 Å². The molecule has 1 aliphatic rings. The van der Waals surface area contributed by atoms with E-state index in [1.165, 1.54) is 11.1 Å². The number of rotatable bonds is 2. The molecular formula is C15H14N2O4. The van der Waals surface area contributed by atoms with Crippen LogP contribution in [0.5, 0.6) is 0 Å². The zero-order valence-electron chi connectivity index (χ0n) is 11.8. The second-order valence-corrected chi connectivity index (χ2v) is 4.85. The average Bonchev–Trinajstić information content (AvgIpc) is 2.47. The van der Waals surface area contributed by atoms with E-state index in [9.17, 15) is 14.4 Å². The molecule has 0 N–H and O–H groups in total. The molecule has 21 heavy (non-hydrogen) atoms. The zero-order chi connectivity index (χ0) is 15.1. The van der Waals surface area contributed by atoms with Crippen LogP contribution in [0.4, 0.5) is 5.69 Å². The summed E-state index contributed by atoms with van der Waals surface area (Å²) < 4.78 is 6.55. The molecule has 0 aliphatic carbocycles. The highest BCUT2D eigenvalue weighted by atomic mass is 16.5. The molecule has 2 heterocycles. The lowest BCUT2D eigenvalue weighted by molar-refractivity contribution is -0.119. The first-order chi connectivity index (χ1) is 10.0. The van der Waals surface area contributed by atoms with E-state index in [4.69, 9.17) is 4.74 Å². The number of hydrogen-bond donors (Lipinski definition) is 0. The number of benzene rings is 1. The number of aromatic nitrogens is 1.